The summed E-state index contributed by atoms with van der Waals surface area (Å²) in [6.07, 6.45) is 0. The van der Waals surface area contributed by atoms with Gasteiger partial charge in [0.2, 0.25) is 0 Å². The summed E-state index contributed by atoms with van der Waals surface area (Å²) in [5.41, 5.74) is 10.4. The molecule has 2 nitrogen and oxygen atoms in total. The van der Waals surface area contributed by atoms with Crippen molar-refractivity contribution in [2.75, 3.05) is 6.54 Å². The van der Waals surface area contributed by atoms with Gasteiger partial charge in [0.1, 0.15) is 0 Å². The van der Waals surface area contributed by atoms with Gasteiger partial charge in [-0.25, -0.2) is 0 Å². The number of hydrogen-bond acceptors (Lipinski definition) is 2. The van der Waals surface area contributed by atoms with Crippen LogP contribution in [0.4, 0.5) is 0 Å². The second kappa shape index (κ2) is 4.11. The average Bonchev–Trinajstić information content (AvgIpc) is 2.30. The van der Waals surface area contributed by atoms with Crippen molar-refractivity contribution < 1.29 is 0 Å². The van der Waals surface area contributed by atoms with Crippen LogP contribution in [0, 0.1) is 13.8 Å². The third kappa shape index (κ3) is 2.05. The molecule has 0 fully saturated rings. The molecule has 0 aliphatic rings. The SMILES string of the molecule is Cc1cc(C(C)(C)CN)nc2c(C)cccc12. The first-order valence-electron chi connectivity index (χ1n) is 6.03. The Kier molecular flexibility index (Phi) is 2.92. The summed E-state index contributed by atoms with van der Waals surface area (Å²) in [5.74, 6) is 0. The van der Waals surface area contributed by atoms with Crippen LogP contribution in [0.1, 0.15) is 30.7 Å². The van der Waals surface area contributed by atoms with E-state index in [1.54, 1.807) is 0 Å². The summed E-state index contributed by atoms with van der Waals surface area (Å²) in [5, 5.41) is 1.24. The van der Waals surface area contributed by atoms with Gasteiger partial charge < -0.3 is 5.73 Å². The van der Waals surface area contributed by atoms with Crippen molar-refractivity contribution in [2.24, 2.45) is 5.73 Å². The van der Waals surface area contributed by atoms with Crippen LogP contribution in [0.15, 0.2) is 24.3 Å². The molecule has 0 radical (unpaired) electrons. The van der Waals surface area contributed by atoms with E-state index in [0.29, 0.717) is 6.54 Å². The van der Waals surface area contributed by atoms with Gasteiger partial charge in [0.25, 0.3) is 0 Å². The Hall–Kier alpha value is -1.41. The van der Waals surface area contributed by atoms with E-state index in [1.807, 2.05) is 0 Å². The smallest absolute Gasteiger partial charge is 0.0737 e. The number of pyridine rings is 1. The molecule has 0 unspecified atom stereocenters. The Labute approximate surface area is 103 Å². The van der Waals surface area contributed by atoms with Crippen molar-refractivity contribution in [3.05, 3.63) is 41.1 Å². The summed E-state index contributed by atoms with van der Waals surface area (Å²) in [7, 11) is 0. The quantitative estimate of drug-likeness (QED) is 0.858. The Balaban J connectivity index is 2.75. The molecular weight excluding hydrogens is 208 g/mol. The Morgan fingerprint density at radius 1 is 1.18 bits per heavy atom. The van der Waals surface area contributed by atoms with Crippen molar-refractivity contribution in [2.45, 2.75) is 33.1 Å². The van der Waals surface area contributed by atoms with Gasteiger partial charge in [-0.2, -0.15) is 0 Å². The lowest BCUT2D eigenvalue weighted by Crippen LogP contribution is -2.29. The maximum atomic E-state index is 5.83. The van der Waals surface area contributed by atoms with Crippen molar-refractivity contribution >= 4 is 10.9 Å². The van der Waals surface area contributed by atoms with Crippen LogP contribution in [0.5, 0.6) is 0 Å². The Bertz CT molecular complexity index is 556. The topological polar surface area (TPSA) is 38.9 Å². The molecule has 0 bridgehead atoms. The first kappa shape index (κ1) is 12.1. The molecule has 1 aromatic carbocycles. The first-order chi connectivity index (χ1) is 7.95. The van der Waals surface area contributed by atoms with E-state index in [1.165, 1.54) is 16.5 Å². The number of rotatable bonds is 2. The zero-order chi connectivity index (χ0) is 12.6. The van der Waals surface area contributed by atoms with E-state index in [0.717, 1.165) is 11.2 Å². The maximum absolute atomic E-state index is 5.83. The van der Waals surface area contributed by atoms with Gasteiger partial charge in [-0.3, -0.25) is 4.98 Å². The molecule has 2 N–H and O–H groups in total. The molecule has 0 saturated carbocycles. The van der Waals surface area contributed by atoms with E-state index in [2.05, 4.69) is 52.0 Å². The fourth-order valence-corrected chi connectivity index (χ4v) is 2.01. The number of para-hydroxylation sites is 1. The van der Waals surface area contributed by atoms with Crippen molar-refractivity contribution in [1.82, 2.24) is 4.98 Å². The van der Waals surface area contributed by atoms with Gasteiger partial charge in [0, 0.05) is 23.0 Å². The predicted octanol–water partition coefficient (Wildman–Crippen LogP) is 3.09. The molecule has 2 aromatic rings. The minimum atomic E-state index is -0.0682. The zero-order valence-electron chi connectivity index (χ0n) is 11.0. The molecule has 0 aliphatic heterocycles. The predicted molar refractivity (Wildman–Crippen MR) is 73.3 cm³/mol. The third-order valence-electron chi connectivity index (χ3n) is 3.45. The highest BCUT2D eigenvalue weighted by molar-refractivity contribution is 5.85. The van der Waals surface area contributed by atoms with Crippen LogP contribution in [0.2, 0.25) is 0 Å². The monoisotopic (exact) mass is 228 g/mol. The highest BCUT2D eigenvalue weighted by atomic mass is 14.7. The molecule has 0 amide bonds. The number of aryl methyl sites for hydroxylation is 2. The van der Waals surface area contributed by atoms with Gasteiger partial charge in [0.05, 0.1) is 5.52 Å². The summed E-state index contributed by atoms with van der Waals surface area (Å²) in [6, 6.07) is 8.48. The minimum Gasteiger partial charge on any atom is -0.330 e. The molecule has 0 aliphatic carbocycles. The van der Waals surface area contributed by atoms with Gasteiger partial charge in [0.15, 0.2) is 0 Å². The molecule has 0 atom stereocenters. The fourth-order valence-electron chi connectivity index (χ4n) is 2.01. The molecule has 2 rings (SSSR count). The molecule has 17 heavy (non-hydrogen) atoms. The molecule has 0 saturated heterocycles. The summed E-state index contributed by atoms with van der Waals surface area (Å²) in [4.78, 5) is 4.80. The molecule has 0 spiro atoms. The van der Waals surface area contributed by atoms with Crippen LogP contribution in [0.25, 0.3) is 10.9 Å². The number of nitrogens with zero attached hydrogens (tertiary/aromatic N) is 1. The number of benzene rings is 1. The number of fused-ring (bicyclic) bond motifs is 1. The molecule has 2 heteroatoms. The number of nitrogens with two attached hydrogens (primary N) is 1. The molecule has 1 heterocycles. The van der Waals surface area contributed by atoms with Gasteiger partial charge in [-0.15, -0.1) is 0 Å². The van der Waals surface area contributed by atoms with E-state index >= 15 is 0 Å². The largest absolute Gasteiger partial charge is 0.330 e. The van der Waals surface area contributed by atoms with Gasteiger partial charge in [-0.1, -0.05) is 32.0 Å². The average molecular weight is 228 g/mol. The fraction of sp³-hybridized carbons (Fsp3) is 0.400. The lowest BCUT2D eigenvalue weighted by atomic mass is 9.87. The Morgan fingerprint density at radius 2 is 1.88 bits per heavy atom. The number of hydrogen-bond donors (Lipinski definition) is 1. The second-order valence-corrected chi connectivity index (χ2v) is 5.38. The van der Waals surface area contributed by atoms with Crippen molar-refractivity contribution in [3.8, 4) is 0 Å². The maximum Gasteiger partial charge on any atom is 0.0737 e. The first-order valence-corrected chi connectivity index (χ1v) is 6.03. The lowest BCUT2D eigenvalue weighted by molar-refractivity contribution is 0.523. The van der Waals surface area contributed by atoms with Gasteiger partial charge >= 0.3 is 0 Å². The molecule has 90 valence electrons. The highest BCUT2D eigenvalue weighted by Crippen LogP contribution is 2.26. The van der Waals surface area contributed by atoms with Gasteiger partial charge in [-0.05, 0) is 31.0 Å². The lowest BCUT2D eigenvalue weighted by Gasteiger charge is -2.23. The minimum absolute atomic E-state index is 0.0682. The number of aromatic nitrogens is 1. The highest BCUT2D eigenvalue weighted by Gasteiger charge is 2.21. The standard InChI is InChI=1S/C15H20N2/c1-10-6-5-7-12-11(2)8-13(17-14(10)12)15(3,4)9-16/h5-8H,9,16H2,1-4H3. The normalized spacial score (nSPS) is 12.1. The Morgan fingerprint density at radius 3 is 2.53 bits per heavy atom. The molecule has 1 aromatic heterocycles. The third-order valence-corrected chi connectivity index (χ3v) is 3.45. The van der Waals surface area contributed by atoms with E-state index in [9.17, 15) is 0 Å². The van der Waals surface area contributed by atoms with Crippen LogP contribution >= 0.6 is 0 Å². The van der Waals surface area contributed by atoms with Crippen molar-refractivity contribution in [3.63, 3.8) is 0 Å². The summed E-state index contributed by atoms with van der Waals surface area (Å²) < 4.78 is 0. The van der Waals surface area contributed by atoms with E-state index in [-0.39, 0.29) is 5.41 Å². The second-order valence-electron chi connectivity index (χ2n) is 5.38. The summed E-state index contributed by atoms with van der Waals surface area (Å²) in [6.45, 7) is 9.13. The van der Waals surface area contributed by atoms with Crippen LogP contribution in [-0.2, 0) is 5.41 Å². The van der Waals surface area contributed by atoms with Crippen molar-refractivity contribution in [1.29, 1.82) is 0 Å². The van der Waals surface area contributed by atoms with E-state index in [4.69, 9.17) is 10.7 Å². The van der Waals surface area contributed by atoms with Crippen LogP contribution < -0.4 is 5.73 Å². The zero-order valence-corrected chi connectivity index (χ0v) is 11.0. The van der Waals surface area contributed by atoms with Crippen LogP contribution in [-0.4, -0.2) is 11.5 Å². The molecular formula is C15H20N2. The summed E-state index contributed by atoms with van der Waals surface area (Å²) >= 11 is 0. The van der Waals surface area contributed by atoms with Crippen LogP contribution in [0.3, 0.4) is 0 Å². The van der Waals surface area contributed by atoms with E-state index < -0.39 is 0 Å².